The van der Waals surface area contributed by atoms with Crippen LogP contribution >= 0.6 is 0 Å². The van der Waals surface area contributed by atoms with Gasteiger partial charge >= 0.3 is 5.97 Å². The highest BCUT2D eigenvalue weighted by molar-refractivity contribution is 5.91. The second-order valence-corrected chi connectivity index (χ2v) is 3.03. The van der Waals surface area contributed by atoms with Crippen LogP contribution in [0.1, 0.15) is 22.8 Å². The maximum atomic E-state index is 11.4. The summed E-state index contributed by atoms with van der Waals surface area (Å²) in [7, 11) is 0. The van der Waals surface area contributed by atoms with Gasteiger partial charge < -0.3 is 10.5 Å². The lowest BCUT2D eigenvalue weighted by atomic mass is 10.1. The monoisotopic (exact) mass is 216 g/mol. The Labute approximate surface area is 93.9 Å². The van der Waals surface area contributed by atoms with E-state index in [1.165, 1.54) is 6.08 Å². The van der Waals surface area contributed by atoms with E-state index in [2.05, 4.69) is 0 Å². The zero-order chi connectivity index (χ0) is 12.0. The Kier molecular flexibility index (Phi) is 4.10. The van der Waals surface area contributed by atoms with E-state index in [1.54, 1.807) is 31.2 Å². The number of carbonyl (C=O) groups excluding carboxylic acids is 1. The van der Waals surface area contributed by atoms with Crippen molar-refractivity contribution in [1.82, 2.24) is 0 Å². The lowest BCUT2D eigenvalue weighted by Gasteiger charge is -2.04. The number of nitriles is 1. The summed E-state index contributed by atoms with van der Waals surface area (Å²) < 4.78 is 4.86. The summed E-state index contributed by atoms with van der Waals surface area (Å²) in [5.41, 5.74) is 7.26. The van der Waals surface area contributed by atoms with Crippen LogP contribution in [0.5, 0.6) is 0 Å². The second kappa shape index (κ2) is 5.56. The van der Waals surface area contributed by atoms with Gasteiger partial charge in [-0.15, -0.1) is 0 Å². The molecule has 0 spiro atoms. The van der Waals surface area contributed by atoms with Crippen molar-refractivity contribution >= 4 is 17.7 Å². The average Bonchev–Trinajstić information content (AvgIpc) is 2.28. The fourth-order valence-electron chi connectivity index (χ4n) is 1.19. The van der Waals surface area contributed by atoms with E-state index < -0.39 is 5.97 Å². The third kappa shape index (κ3) is 2.85. The molecule has 4 heteroatoms. The minimum Gasteiger partial charge on any atom is -0.462 e. The molecule has 0 aliphatic carbocycles. The minimum absolute atomic E-state index is 0.326. The summed E-state index contributed by atoms with van der Waals surface area (Å²) in [5.74, 6) is -0.394. The van der Waals surface area contributed by atoms with E-state index >= 15 is 0 Å². The van der Waals surface area contributed by atoms with E-state index in [4.69, 9.17) is 15.7 Å². The molecule has 0 aliphatic heterocycles. The van der Waals surface area contributed by atoms with Gasteiger partial charge in [0, 0.05) is 11.8 Å². The van der Waals surface area contributed by atoms with Gasteiger partial charge in [-0.25, -0.2) is 4.79 Å². The Hall–Kier alpha value is -2.28. The highest BCUT2D eigenvalue weighted by atomic mass is 16.5. The van der Waals surface area contributed by atoms with Crippen molar-refractivity contribution in [3.8, 4) is 6.07 Å². The number of nitrogen functional groups attached to an aromatic ring is 1. The van der Waals surface area contributed by atoms with E-state index in [9.17, 15) is 4.79 Å². The first-order valence-corrected chi connectivity index (χ1v) is 4.82. The fourth-order valence-corrected chi connectivity index (χ4v) is 1.19. The van der Waals surface area contributed by atoms with E-state index in [0.717, 1.165) is 0 Å². The molecule has 0 saturated heterocycles. The summed E-state index contributed by atoms with van der Waals surface area (Å²) in [5, 5.41) is 8.41. The number of carbonyl (C=O) groups is 1. The number of esters is 1. The summed E-state index contributed by atoms with van der Waals surface area (Å²) in [6.45, 7) is 2.07. The van der Waals surface area contributed by atoms with Crippen LogP contribution in [0.25, 0.3) is 6.08 Å². The number of allylic oxidation sites excluding steroid dienone is 1. The molecule has 0 amide bonds. The first-order chi connectivity index (χ1) is 7.69. The largest absolute Gasteiger partial charge is 0.462 e. The summed E-state index contributed by atoms with van der Waals surface area (Å²) in [4.78, 5) is 11.4. The molecule has 1 aromatic rings. The Morgan fingerprint density at radius 3 is 3.00 bits per heavy atom. The van der Waals surface area contributed by atoms with E-state index in [-0.39, 0.29) is 0 Å². The van der Waals surface area contributed by atoms with Crippen LogP contribution in [0.3, 0.4) is 0 Å². The predicted octanol–water partition coefficient (Wildman–Crippen LogP) is 1.98. The van der Waals surface area contributed by atoms with Gasteiger partial charge in [-0.1, -0.05) is 0 Å². The van der Waals surface area contributed by atoms with Crippen LogP contribution in [0.15, 0.2) is 24.3 Å². The molecule has 0 aliphatic rings. The zero-order valence-corrected chi connectivity index (χ0v) is 8.93. The number of hydrogen-bond acceptors (Lipinski definition) is 4. The smallest absolute Gasteiger partial charge is 0.338 e. The van der Waals surface area contributed by atoms with Crippen molar-refractivity contribution in [2.75, 3.05) is 12.3 Å². The average molecular weight is 216 g/mol. The Bertz CT molecular complexity index is 459. The van der Waals surface area contributed by atoms with Gasteiger partial charge in [0.1, 0.15) is 0 Å². The van der Waals surface area contributed by atoms with Crippen LogP contribution in [0.2, 0.25) is 0 Å². The number of nitrogens with zero attached hydrogens (tertiary/aromatic N) is 1. The van der Waals surface area contributed by atoms with Crippen LogP contribution in [0.4, 0.5) is 5.69 Å². The lowest BCUT2D eigenvalue weighted by Crippen LogP contribution is -2.05. The van der Waals surface area contributed by atoms with Gasteiger partial charge in [0.2, 0.25) is 0 Å². The van der Waals surface area contributed by atoms with E-state index in [0.29, 0.717) is 23.4 Å². The van der Waals surface area contributed by atoms with Gasteiger partial charge in [0.05, 0.1) is 18.2 Å². The van der Waals surface area contributed by atoms with Crippen LogP contribution < -0.4 is 5.73 Å². The quantitative estimate of drug-likeness (QED) is 0.476. The van der Waals surface area contributed by atoms with Gasteiger partial charge in [0.15, 0.2) is 0 Å². The SMILES string of the molecule is CCOC(=O)c1ccc(N)c(C=CC#N)c1. The van der Waals surface area contributed by atoms with Crippen molar-refractivity contribution in [1.29, 1.82) is 5.26 Å². The summed E-state index contributed by atoms with van der Waals surface area (Å²) in [6.07, 6.45) is 2.86. The molecule has 16 heavy (non-hydrogen) atoms. The van der Waals surface area contributed by atoms with Gasteiger partial charge in [-0.3, -0.25) is 0 Å². The Morgan fingerprint density at radius 1 is 1.62 bits per heavy atom. The molecular weight excluding hydrogens is 204 g/mol. The van der Waals surface area contributed by atoms with Crippen molar-refractivity contribution in [2.45, 2.75) is 6.92 Å². The molecule has 4 nitrogen and oxygen atoms in total. The van der Waals surface area contributed by atoms with Crippen LogP contribution in [-0.2, 0) is 4.74 Å². The Morgan fingerprint density at radius 2 is 2.38 bits per heavy atom. The number of ether oxygens (including phenoxy) is 1. The molecule has 0 saturated carbocycles. The van der Waals surface area contributed by atoms with Crippen molar-refractivity contribution in [3.63, 3.8) is 0 Å². The normalized spacial score (nSPS) is 10.0. The molecular formula is C12H12N2O2. The number of rotatable bonds is 3. The van der Waals surface area contributed by atoms with Crippen molar-refractivity contribution in [2.24, 2.45) is 0 Å². The molecule has 1 rings (SSSR count). The van der Waals surface area contributed by atoms with Crippen molar-refractivity contribution in [3.05, 3.63) is 35.4 Å². The van der Waals surface area contributed by atoms with Gasteiger partial charge in [-0.05, 0) is 36.8 Å². The molecule has 0 radical (unpaired) electrons. The first kappa shape index (κ1) is 11.8. The summed E-state index contributed by atoms with van der Waals surface area (Å²) in [6, 6.07) is 6.67. The molecule has 0 unspecified atom stereocenters. The molecule has 0 heterocycles. The third-order valence-corrected chi connectivity index (χ3v) is 1.94. The molecule has 0 bridgehead atoms. The Balaban J connectivity index is 3.03. The topological polar surface area (TPSA) is 76.1 Å². The van der Waals surface area contributed by atoms with Crippen LogP contribution in [0, 0.1) is 11.3 Å². The van der Waals surface area contributed by atoms with Gasteiger partial charge in [0.25, 0.3) is 0 Å². The van der Waals surface area contributed by atoms with E-state index in [1.807, 2.05) is 6.07 Å². The maximum Gasteiger partial charge on any atom is 0.338 e. The number of nitrogens with two attached hydrogens (primary N) is 1. The molecule has 2 N–H and O–H groups in total. The molecule has 0 atom stereocenters. The predicted molar refractivity (Wildman–Crippen MR) is 61.5 cm³/mol. The maximum absolute atomic E-state index is 11.4. The lowest BCUT2D eigenvalue weighted by molar-refractivity contribution is 0.0526. The zero-order valence-electron chi connectivity index (χ0n) is 8.93. The summed E-state index contributed by atoms with van der Waals surface area (Å²) >= 11 is 0. The molecule has 82 valence electrons. The van der Waals surface area contributed by atoms with Crippen LogP contribution in [-0.4, -0.2) is 12.6 Å². The third-order valence-electron chi connectivity index (χ3n) is 1.94. The standard InChI is InChI=1S/C12H12N2O2/c1-2-16-12(15)10-5-6-11(14)9(8-10)4-3-7-13/h3-6,8H,2,14H2,1H3. The second-order valence-electron chi connectivity index (χ2n) is 3.03. The minimum atomic E-state index is -0.394. The fraction of sp³-hybridized carbons (Fsp3) is 0.167. The van der Waals surface area contributed by atoms with Crippen molar-refractivity contribution < 1.29 is 9.53 Å². The number of hydrogen-bond donors (Lipinski definition) is 1. The first-order valence-electron chi connectivity index (χ1n) is 4.82. The number of anilines is 1. The van der Waals surface area contributed by atoms with Gasteiger partial charge in [-0.2, -0.15) is 5.26 Å². The molecule has 0 aromatic heterocycles. The molecule has 0 fully saturated rings. The molecule has 1 aromatic carbocycles. The number of benzene rings is 1. The highest BCUT2D eigenvalue weighted by Gasteiger charge is 2.07. The highest BCUT2D eigenvalue weighted by Crippen LogP contribution is 2.16.